The molecule has 1 atom stereocenters. The van der Waals surface area contributed by atoms with Crippen LogP contribution in [-0.4, -0.2) is 31.3 Å². The lowest BCUT2D eigenvalue weighted by Crippen LogP contribution is -2.16. The van der Waals surface area contributed by atoms with E-state index in [0.29, 0.717) is 19.6 Å². The number of benzene rings is 1. The molecule has 0 saturated heterocycles. The quantitative estimate of drug-likeness (QED) is 0.141. The minimum absolute atomic E-state index is 0.101. The zero-order chi connectivity index (χ0) is 24.0. The molecule has 1 unspecified atom stereocenters. The minimum Gasteiger partial charge on any atom is -0.490 e. The Bertz CT molecular complexity index is 602. The molecule has 1 aromatic carbocycles. The van der Waals surface area contributed by atoms with Gasteiger partial charge in [0, 0.05) is 13.3 Å². The highest BCUT2D eigenvalue weighted by Gasteiger charge is 2.11. The van der Waals surface area contributed by atoms with Crippen molar-refractivity contribution < 1.29 is 23.8 Å². The molecular formula is C28H46O5. The fourth-order valence-electron chi connectivity index (χ4n) is 3.90. The van der Waals surface area contributed by atoms with Crippen LogP contribution in [0.25, 0.3) is 0 Å². The molecule has 0 saturated carbocycles. The highest BCUT2D eigenvalue weighted by Crippen LogP contribution is 2.17. The maximum absolute atomic E-state index is 11.8. The number of para-hydroxylation sites is 1. The molecule has 0 spiro atoms. The summed E-state index contributed by atoms with van der Waals surface area (Å²) in [5, 5.41) is 0. The fourth-order valence-corrected chi connectivity index (χ4v) is 3.90. The van der Waals surface area contributed by atoms with Crippen LogP contribution in [0.5, 0.6) is 5.75 Å². The summed E-state index contributed by atoms with van der Waals surface area (Å²) in [4.78, 5) is 23.1. The van der Waals surface area contributed by atoms with Crippen molar-refractivity contribution in [3.05, 3.63) is 30.3 Å². The number of hydrogen-bond acceptors (Lipinski definition) is 5. The topological polar surface area (TPSA) is 61.8 Å². The van der Waals surface area contributed by atoms with E-state index in [1.54, 1.807) is 0 Å². The van der Waals surface area contributed by atoms with Gasteiger partial charge in [0.2, 0.25) is 0 Å². The first-order valence-electron chi connectivity index (χ1n) is 13.1. The first-order chi connectivity index (χ1) is 16.1. The molecule has 5 nitrogen and oxygen atoms in total. The van der Waals surface area contributed by atoms with Gasteiger partial charge in [-0.3, -0.25) is 9.59 Å². The van der Waals surface area contributed by atoms with E-state index in [2.05, 4.69) is 6.92 Å². The van der Waals surface area contributed by atoms with Crippen LogP contribution in [0.1, 0.15) is 110 Å². The van der Waals surface area contributed by atoms with Crippen LogP contribution in [0.3, 0.4) is 0 Å². The van der Waals surface area contributed by atoms with E-state index in [4.69, 9.17) is 14.2 Å². The third-order valence-electron chi connectivity index (χ3n) is 5.73. The van der Waals surface area contributed by atoms with Gasteiger partial charge in [-0.2, -0.15) is 0 Å². The summed E-state index contributed by atoms with van der Waals surface area (Å²) >= 11 is 0. The summed E-state index contributed by atoms with van der Waals surface area (Å²) in [6.45, 7) is 4.41. The molecule has 188 valence electrons. The number of esters is 2. The smallest absolute Gasteiger partial charge is 0.305 e. The summed E-state index contributed by atoms with van der Waals surface area (Å²) in [7, 11) is 0. The van der Waals surface area contributed by atoms with Gasteiger partial charge in [0.25, 0.3) is 0 Å². The standard InChI is InChI=1S/C28H46O5/c1-3-4-5-13-20-27(33-25(2)29)21-14-10-8-6-7-9-11-17-22-28(30)32-24-23-31-26-18-15-12-16-19-26/h12,15-16,18-19,27H,3-11,13-14,17,20-24H2,1-2H3. The third-order valence-corrected chi connectivity index (χ3v) is 5.73. The van der Waals surface area contributed by atoms with Crippen LogP contribution in [0.2, 0.25) is 0 Å². The molecule has 0 aromatic heterocycles. The van der Waals surface area contributed by atoms with Gasteiger partial charge in [0.1, 0.15) is 25.1 Å². The van der Waals surface area contributed by atoms with Gasteiger partial charge in [-0.25, -0.2) is 0 Å². The minimum atomic E-state index is -0.153. The zero-order valence-corrected chi connectivity index (χ0v) is 21.0. The highest BCUT2D eigenvalue weighted by atomic mass is 16.6. The van der Waals surface area contributed by atoms with Gasteiger partial charge in [-0.05, 0) is 44.2 Å². The van der Waals surface area contributed by atoms with Crippen LogP contribution < -0.4 is 4.74 Å². The lowest BCUT2D eigenvalue weighted by Gasteiger charge is -2.17. The number of carbonyl (C=O) groups is 2. The molecule has 1 aromatic rings. The highest BCUT2D eigenvalue weighted by molar-refractivity contribution is 5.69. The Labute approximate surface area is 201 Å². The van der Waals surface area contributed by atoms with E-state index in [9.17, 15) is 9.59 Å². The van der Waals surface area contributed by atoms with E-state index in [0.717, 1.165) is 50.7 Å². The second-order valence-corrected chi connectivity index (χ2v) is 8.83. The number of unbranched alkanes of at least 4 members (excludes halogenated alkanes) is 10. The number of rotatable bonds is 21. The van der Waals surface area contributed by atoms with E-state index in [-0.39, 0.29) is 18.0 Å². The number of ether oxygens (including phenoxy) is 3. The van der Waals surface area contributed by atoms with Crippen LogP contribution in [-0.2, 0) is 19.1 Å². The lowest BCUT2D eigenvalue weighted by molar-refractivity contribution is -0.147. The first kappa shape index (κ1) is 29.0. The summed E-state index contributed by atoms with van der Waals surface area (Å²) < 4.78 is 16.2. The molecule has 0 aliphatic rings. The molecule has 0 bridgehead atoms. The van der Waals surface area contributed by atoms with Crippen molar-refractivity contribution in [1.29, 1.82) is 0 Å². The molecule has 0 heterocycles. The zero-order valence-electron chi connectivity index (χ0n) is 21.0. The monoisotopic (exact) mass is 462 g/mol. The van der Waals surface area contributed by atoms with Crippen molar-refractivity contribution in [2.24, 2.45) is 0 Å². The average molecular weight is 463 g/mol. The van der Waals surface area contributed by atoms with Gasteiger partial charge in [-0.15, -0.1) is 0 Å². The molecule has 5 heteroatoms. The summed E-state index contributed by atoms with van der Waals surface area (Å²) in [6, 6.07) is 9.54. The van der Waals surface area contributed by atoms with Gasteiger partial charge in [-0.1, -0.05) is 82.9 Å². The second kappa shape index (κ2) is 20.6. The van der Waals surface area contributed by atoms with Crippen molar-refractivity contribution in [2.75, 3.05) is 13.2 Å². The van der Waals surface area contributed by atoms with Crippen LogP contribution in [0.4, 0.5) is 0 Å². The maximum atomic E-state index is 11.8. The molecular weight excluding hydrogens is 416 g/mol. The normalized spacial score (nSPS) is 11.7. The number of carbonyl (C=O) groups excluding carboxylic acids is 2. The van der Waals surface area contributed by atoms with Crippen LogP contribution in [0, 0.1) is 0 Å². The Morgan fingerprint density at radius 2 is 1.33 bits per heavy atom. The van der Waals surface area contributed by atoms with Gasteiger partial charge in [0.05, 0.1) is 0 Å². The average Bonchev–Trinajstić information content (AvgIpc) is 2.81. The van der Waals surface area contributed by atoms with Gasteiger partial charge >= 0.3 is 11.9 Å². The van der Waals surface area contributed by atoms with Crippen molar-refractivity contribution in [3.8, 4) is 5.75 Å². The van der Waals surface area contributed by atoms with Crippen LogP contribution in [0.15, 0.2) is 30.3 Å². The Morgan fingerprint density at radius 3 is 1.94 bits per heavy atom. The van der Waals surface area contributed by atoms with E-state index in [1.165, 1.54) is 51.9 Å². The van der Waals surface area contributed by atoms with Crippen LogP contribution >= 0.6 is 0 Å². The van der Waals surface area contributed by atoms with Crippen molar-refractivity contribution >= 4 is 11.9 Å². The van der Waals surface area contributed by atoms with Gasteiger partial charge in [0.15, 0.2) is 0 Å². The molecule has 0 amide bonds. The Balaban J connectivity index is 1.90. The molecule has 0 radical (unpaired) electrons. The molecule has 0 fully saturated rings. The van der Waals surface area contributed by atoms with E-state index < -0.39 is 0 Å². The Hall–Kier alpha value is -2.04. The summed E-state index contributed by atoms with van der Waals surface area (Å²) in [5.41, 5.74) is 0. The SMILES string of the molecule is CCCCCCC(CCCCCCCCCCC(=O)OCCOc1ccccc1)OC(C)=O. The molecule has 0 N–H and O–H groups in total. The molecule has 0 aliphatic heterocycles. The molecule has 33 heavy (non-hydrogen) atoms. The Morgan fingerprint density at radius 1 is 0.758 bits per heavy atom. The third kappa shape index (κ3) is 18.1. The summed E-state index contributed by atoms with van der Waals surface area (Å²) in [5.74, 6) is 0.503. The van der Waals surface area contributed by atoms with E-state index >= 15 is 0 Å². The Kier molecular flexibility index (Phi) is 18.1. The number of hydrogen-bond donors (Lipinski definition) is 0. The summed E-state index contributed by atoms with van der Waals surface area (Å²) in [6.07, 6.45) is 16.6. The van der Waals surface area contributed by atoms with Crippen molar-refractivity contribution in [1.82, 2.24) is 0 Å². The molecule has 1 rings (SSSR count). The molecule has 0 aliphatic carbocycles. The van der Waals surface area contributed by atoms with Gasteiger partial charge < -0.3 is 14.2 Å². The predicted molar refractivity (Wildman–Crippen MR) is 133 cm³/mol. The lowest BCUT2D eigenvalue weighted by atomic mass is 10.0. The largest absolute Gasteiger partial charge is 0.490 e. The first-order valence-corrected chi connectivity index (χ1v) is 13.1. The maximum Gasteiger partial charge on any atom is 0.305 e. The fraction of sp³-hybridized carbons (Fsp3) is 0.714. The van der Waals surface area contributed by atoms with Crippen molar-refractivity contribution in [2.45, 2.75) is 116 Å². The van der Waals surface area contributed by atoms with Crippen molar-refractivity contribution in [3.63, 3.8) is 0 Å². The predicted octanol–water partition coefficient (Wildman–Crippen LogP) is 7.41. The van der Waals surface area contributed by atoms with E-state index in [1.807, 2.05) is 30.3 Å². The second-order valence-electron chi connectivity index (χ2n) is 8.83.